The highest BCUT2D eigenvalue weighted by Crippen LogP contribution is 2.18. The smallest absolute Gasteiger partial charge is 0.338 e. The van der Waals surface area contributed by atoms with Gasteiger partial charge < -0.3 is 10.1 Å². The van der Waals surface area contributed by atoms with Crippen LogP contribution in [-0.2, 0) is 22.6 Å². The number of aryl methyl sites for hydroxylation is 1. The predicted molar refractivity (Wildman–Crippen MR) is 112 cm³/mol. The Balaban J connectivity index is 1.90. The summed E-state index contributed by atoms with van der Waals surface area (Å²) in [6, 6.07) is 15.3. The zero-order valence-electron chi connectivity index (χ0n) is 17.4. The third-order valence-corrected chi connectivity index (χ3v) is 5.14. The van der Waals surface area contributed by atoms with Crippen molar-refractivity contribution in [1.29, 1.82) is 0 Å². The van der Waals surface area contributed by atoms with Gasteiger partial charge in [0.2, 0.25) is 0 Å². The highest BCUT2D eigenvalue weighted by molar-refractivity contribution is 5.93. The summed E-state index contributed by atoms with van der Waals surface area (Å²) in [5.74, 6) is 0.530. The van der Waals surface area contributed by atoms with E-state index in [9.17, 15) is 9.59 Å². The summed E-state index contributed by atoms with van der Waals surface area (Å²) < 4.78 is 9.22. The Morgan fingerprint density at radius 2 is 1.86 bits per heavy atom. The van der Waals surface area contributed by atoms with Crippen LogP contribution in [0.5, 0.6) is 0 Å². The average Bonchev–Trinajstić information content (AvgIpc) is 2.99. The number of hydrogen-bond acceptors (Lipinski definition) is 3. The summed E-state index contributed by atoms with van der Waals surface area (Å²) in [6.45, 7) is 9.08. The molecule has 0 aliphatic rings. The first-order valence-electron chi connectivity index (χ1n) is 10.00. The van der Waals surface area contributed by atoms with Crippen molar-refractivity contribution in [3.63, 3.8) is 0 Å². The molecule has 0 fully saturated rings. The van der Waals surface area contributed by atoms with Gasteiger partial charge in [0.25, 0.3) is 11.7 Å². The van der Waals surface area contributed by atoms with Gasteiger partial charge in [0.05, 0.1) is 24.8 Å². The third kappa shape index (κ3) is 4.31. The molecule has 1 heterocycles. The van der Waals surface area contributed by atoms with Crippen LogP contribution in [0.3, 0.4) is 0 Å². The zero-order valence-corrected chi connectivity index (χ0v) is 17.4. The lowest BCUT2D eigenvalue weighted by Crippen LogP contribution is -2.36. The first-order chi connectivity index (χ1) is 14.0. The van der Waals surface area contributed by atoms with Crippen molar-refractivity contribution >= 4 is 22.9 Å². The van der Waals surface area contributed by atoms with Crippen LogP contribution in [0.25, 0.3) is 11.0 Å². The van der Waals surface area contributed by atoms with E-state index in [-0.39, 0.29) is 24.5 Å². The van der Waals surface area contributed by atoms with Crippen LogP contribution in [0.1, 0.15) is 48.6 Å². The van der Waals surface area contributed by atoms with E-state index in [1.165, 1.54) is 0 Å². The topological polar surface area (TPSA) is 64.2 Å². The molecule has 3 aromatic rings. The van der Waals surface area contributed by atoms with Crippen LogP contribution in [0.4, 0.5) is 0 Å². The lowest BCUT2D eigenvalue weighted by molar-refractivity contribution is -0.674. The van der Waals surface area contributed by atoms with Crippen LogP contribution in [0, 0.1) is 6.92 Å². The minimum absolute atomic E-state index is 0.0776. The van der Waals surface area contributed by atoms with E-state index in [4.69, 9.17) is 4.74 Å². The second kappa shape index (κ2) is 8.90. The highest BCUT2D eigenvalue weighted by Gasteiger charge is 2.24. The Kier molecular flexibility index (Phi) is 6.32. The van der Waals surface area contributed by atoms with Gasteiger partial charge in [-0.25, -0.2) is 13.9 Å². The zero-order chi connectivity index (χ0) is 21.0. The minimum atomic E-state index is -0.356. The molecule has 0 aliphatic heterocycles. The maximum absolute atomic E-state index is 12.8. The number of ether oxygens (including phenoxy) is 1. The first-order valence-corrected chi connectivity index (χ1v) is 10.00. The molecule has 3 rings (SSSR count). The van der Waals surface area contributed by atoms with Crippen molar-refractivity contribution in [2.45, 2.75) is 46.8 Å². The van der Waals surface area contributed by atoms with E-state index in [1.807, 2.05) is 54.8 Å². The van der Waals surface area contributed by atoms with Crippen LogP contribution >= 0.6 is 0 Å². The van der Waals surface area contributed by atoms with Gasteiger partial charge in [0.15, 0.2) is 17.6 Å². The summed E-state index contributed by atoms with van der Waals surface area (Å²) in [6.07, 6.45) is 0. The number of imidazole rings is 1. The second-order valence-corrected chi connectivity index (χ2v) is 7.00. The Hall–Kier alpha value is -3.15. The molecule has 1 amide bonds. The van der Waals surface area contributed by atoms with Crippen molar-refractivity contribution in [1.82, 2.24) is 9.88 Å². The van der Waals surface area contributed by atoms with E-state index in [2.05, 4.69) is 16.8 Å². The number of amides is 1. The fourth-order valence-electron chi connectivity index (χ4n) is 3.66. The monoisotopic (exact) mass is 394 g/mol. The van der Waals surface area contributed by atoms with Gasteiger partial charge >= 0.3 is 5.97 Å². The molecule has 29 heavy (non-hydrogen) atoms. The normalized spacial score (nSPS) is 12.0. The largest absolute Gasteiger partial charge is 0.462 e. The number of carbonyl (C=O) groups excluding carboxylic acids is 2. The molecule has 1 atom stereocenters. The number of fused-ring (bicyclic) bond motifs is 1. The van der Waals surface area contributed by atoms with Crippen LogP contribution in [-0.4, -0.2) is 23.1 Å². The van der Waals surface area contributed by atoms with E-state index < -0.39 is 0 Å². The number of benzene rings is 2. The maximum Gasteiger partial charge on any atom is 0.338 e. The van der Waals surface area contributed by atoms with Gasteiger partial charge in [-0.15, -0.1) is 0 Å². The summed E-state index contributed by atoms with van der Waals surface area (Å²) in [4.78, 5) is 24.9. The first kappa shape index (κ1) is 20.6. The number of esters is 1. The fourth-order valence-corrected chi connectivity index (χ4v) is 3.66. The lowest BCUT2D eigenvalue weighted by Gasteiger charge is -2.13. The highest BCUT2D eigenvalue weighted by atomic mass is 16.5. The third-order valence-electron chi connectivity index (χ3n) is 5.14. The minimum Gasteiger partial charge on any atom is -0.462 e. The number of nitrogens with one attached hydrogen (secondary N) is 1. The summed E-state index contributed by atoms with van der Waals surface area (Å²) >= 11 is 0. The van der Waals surface area contributed by atoms with Crippen molar-refractivity contribution in [3.05, 3.63) is 65.5 Å². The molecule has 2 aromatic carbocycles. The van der Waals surface area contributed by atoms with E-state index >= 15 is 0 Å². The Bertz CT molecular complexity index is 1020. The molecule has 1 N–H and O–H groups in total. The van der Waals surface area contributed by atoms with Crippen molar-refractivity contribution in [2.75, 3.05) is 6.61 Å². The van der Waals surface area contributed by atoms with E-state index in [0.29, 0.717) is 12.2 Å². The van der Waals surface area contributed by atoms with Crippen molar-refractivity contribution < 1.29 is 18.9 Å². The standard InChI is InChI=1S/C23H27N3O3/c1-5-25-17(4)26(15-22(27)24-16(3)18-10-8-7-9-11-18)21-14-19(12-13-20(21)25)23(28)29-6-2/h7-14,16H,5-6,15H2,1-4H3/p+1/t16-/m0/s1. The predicted octanol–water partition coefficient (Wildman–Crippen LogP) is 3.31. The number of hydrogen-bond donors (Lipinski definition) is 1. The van der Waals surface area contributed by atoms with Crippen LogP contribution in [0.15, 0.2) is 48.5 Å². The average molecular weight is 394 g/mol. The molecule has 0 saturated carbocycles. The lowest BCUT2D eigenvalue weighted by atomic mass is 10.1. The Morgan fingerprint density at radius 1 is 1.14 bits per heavy atom. The summed E-state index contributed by atoms with van der Waals surface area (Å²) in [5, 5.41) is 3.06. The van der Waals surface area contributed by atoms with Gasteiger partial charge in [-0.2, -0.15) is 0 Å². The number of rotatable bonds is 7. The molecular weight excluding hydrogens is 366 g/mol. The van der Waals surface area contributed by atoms with Gasteiger partial charge in [0, 0.05) is 13.0 Å². The fraction of sp³-hybridized carbons (Fsp3) is 0.348. The SMILES string of the molecule is CCOC(=O)c1ccc2c(c1)n(CC(=O)N[C@@H](C)c1ccccc1)c(C)[n+]2CC. The molecule has 6 heteroatoms. The quantitative estimate of drug-likeness (QED) is 0.494. The molecule has 0 saturated heterocycles. The van der Waals surface area contributed by atoms with Gasteiger partial charge in [0.1, 0.15) is 0 Å². The molecule has 0 bridgehead atoms. The molecule has 0 unspecified atom stereocenters. The molecule has 6 nitrogen and oxygen atoms in total. The maximum atomic E-state index is 12.8. The molecule has 0 spiro atoms. The van der Waals surface area contributed by atoms with Crippen molar-refractivity contribution in [2.24, 2.45) is 0 Å². The number of nitrogens with zero attached hydrogens (tertiary/aromatic N) is 2. The number of carbonyl (C=O) groups is 2. The van der Waals surface area contributed by atoms with Crippen molar-refractivity contribution in [3.8, 4) is 0 Å². The second-order valence-electron chi connectivity index (χ2n) is 7.00. The number of aromatic nitrogens is 2. The van der Waals surface area contributed by atoms with Gasteiger partial charge in [-0.3, -0.25) is 4.79 Å². The van der Waals surface area contributed by atoms with Crippen LogP contribution in [0.2, 0.25) is 0 Å². The van der Waals surface area contributed by atoms with Gasteiger partial charge in [-0.05, 0) is 38.5 Å². The van der Waals surface area contributed by atoms with Crippen LogP contribution < -0.4 is 9.88 Å². The molecule has 0 radical (unpaired) electrons. The van der Waals surface area contributed by atoms with E-state index in [1.54, 1.807) is 19.1 Å². The molecule has 0 aliphatic carbocycles. The molecular formula is C23H28N3O3+. The molecule has 152 valence electrons. The summed E-state index contributed by atoms with van der Waals surface area (Å²) in [5.41, 5.74) is 3.38. The molecule has 1 aromatic heterocycles. The van der Waals surface area contributed by atoms with Gasteiger partial charge in [-0.1, -0.05) is 30.3 Å². The Morgan fingerprint density at radius 3 is 2.52 bits per heavy atom. The summed E-state index contributed by atoms with van der Waals surface area (Å²) in [7, 11) is 0. The Labute approximate surface area is 171 Å². The van der Waals surface area contributed by atoms with E-state index in [0.717, 1.165) is 29.0 Å².